The summed E-state index contributed by atoms with van der Waals surface area (Å²) < 4.78 is 1.79. The molecule has 2 atom stereocenters. The van der Waals surface area contributed by atoms with Gasteiger partial charge in [0.2, 0.25) is 5.91 Å². The standard InChI is InChI=1S/C16H22N4O.ClH/c1-3-12(2)15(17)16(21)18-9-13-10-19-20(11-13)14-7-5-4-6-8-14;/h4-8,10-12,15H,3,9,17H2,1-2H3,(H,18,21);1H. The first-order valence-corrected chi connectivity index (χ1v) is 7.24. The fourth-order valence-corrected chi connectivity index (χ4v) is 1.99. The second kappa shape index (κ2) is 8.56. The van der Waals surface area contributed by atoms with Crippen LogP contribution in [0.2, 0.25) is 0 Å². The number of nitrogens with zero attached hydrogens (tertiary/aromatic N) is 2. The topological polar surface area (TPSA) is 72.9 Å². The van der Waals surface area contributed by atoms with Crippen molar-refractivity contribution >= 4 is 18.3 Å². The largest absolute Gasteiger partial charge is 0.351 e. The summed E-state index contributed by atoms with van der Waals surface area (Å²) in [6.07, 6.45) is 4.55. The number of benzene rings is 1. The van der Waals surface area contributed by atoms with Gasteiger partial charge in [-0.15, -0.1) is 12.4 Å². The van der Waals surface area contributed by atoms with Crippen molar-refractivity contribution in [3.8, 4) is 5.69 Å². The predicted octanol–water partition coefficient (Wildman–Crippen LogP) is 2.28. The van der Waals surface area contributed by atoms with Crippen molar-refractivity contribution < 1.29 is 4.79 Å². The van der Waals surface area contributed by atoms with Crippen molar-refractivity contribution in [2.24, 2.45) is 11.7 Å². The summed E-state index contributed by atoms with van der Waals surface area (Å²) in [5, 5.41) is 7.16. The Hall–Kier alpha value is -1.85. The number of aromatic nitrogens is 2. The van der Waals surface area contributed by atoms with E-state index in [0.717, 1.165) is 17.7 Å². The molecule has 3 N–H and O–H groups in total. The summed E-state index contributed by atoms with van der Waals surface area (Å²) >= 11 is 0. The van der Waals surface area contributed by atoms with Crippen molar-refractivity contribution in [1.29, 1.82) is 0 Å². The van der Waals surface area contributed by atoms with Crippen LogP contribution in [0.3, 0.4) is 0 Å². The fourth-order valence-electron chi connectivity index (χ4n) is 1.99. The lowest BCUT2D eigenvalue weighted by atomic mass is 9.99. The van der Waals surface area contributed by atoms with Crippen LogP contribution in [0.5, 0.6) is 0 Å². The third kappa shape index (κ3) is 4.58. The summed E-state index contributed by atoms with van der Waals surface area (Å²) in [5.74, 6) is 0.0638. The van der Waals surface area contributed by atoms with Gasteiger partial charge in [-0.3, -0.25) is 4.79 Å². The van der Waals surface area contributed by atoms with E-state index < -0.39 is 6.04 Å². The van der Waals surface area contributed by atoms with Gasteiger partial charge in [0, 0.05) is 18.3 Å². The van der Waals surface area contributed by atoms with Gasteiger partial charge >= 0.3 is 0 Å². The smallest absolute Gasteiger partial charge is 0.237 e. The molecule has 1 amide bonds. The SMILES string of the molecule is CCC(C)C(N)C(=O)NCc1cnn(-c2ccccc2)c1.Cl. The van der Waals surface area contributed by atoms with Crippen LogP contribution < -0.4 is 11.1 Å². The highest BCUT2D eigenvalue weighted by atomic mass is 35.5. The molecule has 1 aromatic carbocycles. The van der Waals surface area contributed by atoms with Gasteiger partial charge in [-0.25, -0.2) is 4.68 Å². The lowest BCUT2D eigenvalue weighted by Crippen LogP contribution is -2.44. The molecule has 0 saturated carbocycles. The Morgan fingerprint density at radius 2 is 2.05 bits per heavy atom. The second-order valence-corrected chi connectivity index (χ2v) is 5.26. The highest BCUT2D eigenvalue weighted by Gasteiger charge is 2.18. The predicted molar refractivity (Wildman–Crippen MR) is 90.1 cm³/mol. The van der Waals surface area contributed by atoms with E-state index in [4.69, 9.17) is 5.73 Å². The van der Waals surface area contributed by atoms with Crippen molar-refractivity contribution in [1.82, 2.24) is 15.1 Å². The van der Waals surface area contributed by atoms with Crippen LogP contribution in [0.15, 0.2) is 42.7 Å². The average molecular weight is 323 g/mol. The van der Waals surface area contributed by atoms with Crippen LogP contribution in [0.4, 0.5) is 0 Å². The number of halogens is 1. The van der Waals surface area contributed by atoms with Gasteiger partial charge in [-0.1, -0.05) is 38.5 Å². The number of carbonyl (C=O) groups excluding carboxylic acids is 1. The van der Waals surface area contributed by atoms with E-state index in [1.54, 1.807) is 10.9 Å². The molecule has 0 radical (unpaired) electrons. The van der Waals surface area contributed by atoms with Crippen LogP contribution in [0.25, 0.3) is 5.69 Å². The molecule has 120 valence electrons. The molecule has 0 aliphatic rings. The normalized spacial score (nSPS) is 13.0. The fraction of sp³-hybridized carbons (Fsp3) is 0.375. The molecule has 5 nitrogen and oxygen atoms in total. The van der Waals surface area contributed by atoms with Gasteiger partial charge in [0.25, 0.3) is 0 Å². The molecule has 6 heteroatoms. The molecule has 0 aliphatic heterocycles. The van der Waals surface area contributed by atoms with E-state index in [2.05, 4.69) is 10.4 Å². The van der Waals surface area contributed by atoms with Gasteiger partial charge in [-0.2, -0.15) is 5.10 Å². The molecule has 1 heterocycles. The van der Waals surface area contributed by atoms with Crippen LogP contribution >= 0.6 is 12.4 Å². The van der Waals surface area contributed by atoms with Gasteiger partial charge in [-0.05, 0) is 18.1 Å². The van der Waals surface area contributed by atoms with E-state index in [0.29, 0.717) is 6.54 Å². The maximum absolute atomic E-state index is 11.9. The van der Waals surface area contributed by atoms with Crippen molar-refractivity contribution in [2.75, 3.05) is 0 Å². The van der Waals surface area contributed by atoms with Gasteiger partial charge in [0.1, 0.15) is 0 Å². The average Bonchev–Trinajstić information content (AvgIpc) is 3.01. The number of hydrogen-bond donors (Lipinski definition) is 2. The van der Waals surface area contributed by atoms with Crippen molar-refractivity contribution in [2.45, 2.75) is 32.9 Å². The van der Waals surface area contributed by atoms with E-state index in [1.807, 2.05) is 50.4 Å². The quantitative estimate of drug-likeness (QED) is 0.857. The van der Waals surface area contributed by atoms with E-state index in [-0.39, 0.29) is 24.2 Å². The summed E-state index contributed by atoms with van der Waals surface area (Å²) in [7, 11) is 0. The molecule has 2 aromatic rings. The van der Waals surface area contributed by atoms with E-state index in [9.17, 15) is 4.79 Å². The molecule has 0 aliphatic carbocycles. The first kappa shape index (κ1) is 18.2. The Morgan fingerprint density at radius 3 is 2.68 bits per heavy atom. The molecule has 22 heavy (non-hydrogen) atoms. The van der Waals surface area contributed by atoms with Crippen molar-refractivity contribution in [3.63, 3.8) is 0 Å². The second-order valence-electron chi connectivity index (χ2n) is 5.26. The summed E-state index contributed by atoms with van der Waals surface area (Å²) in [5.41, 5.74) is 7.84. The molecule has 0 saturated heterocycles. The van der Waals surface area contributed by atoms with Gasteiger partial charge < -0.3 is 11.1 Å². The van der Waals surface area contributed by atoms with Crippen molar-refractivity contribution in [3.05, 3.63) is 48.3 Å². The molecule has 0 bridgehead atoms. The monoisotopic (exact) mass is 322 g/mol. The molecular formula is C16H23ClN4O. The lowest BCUT2D eigenvalue weighted by Gasteiger charge is -2.17. The summed E-state index contributed by atoms with van der Waals surface area (Å²) in [4.78, 5) is 11.9. The Balaban J connectivity index is 0.00000242. The molecule has 1 aromatic heterocycles. The third-order valence-corrected chi connectivity index (χ3v) is 3.68. The summed E-state index contributed by atoms with van der Waals surface area (Å²) in [6.45, 7) is 4.45. The highest BCUT2D eigenvalue weighted by molar-refractivity contribution is 5.85. The first-order valence-electron chi connectivity index (χ1n) is 7.24. The molecule has 0 fully saturated rings. The number of rotatable bonds is 6. The molecule has 2 unspecified atom stereocenters. The maximum atomic E-state index is 11.9. The Morgan fingerprint density at radius 1 is 1.36 bits per heavy atom. The Bertz CT molecular complexity index is 585. The van der Waals surface area contributed by atoms with Crippen LogP contribution in [0.1, 0.15) is 25.8 Å². The molecule has 2 rings (SSSR count). The highest BCUT2D eigenvalue weighted by Crippen LogP contribution is 2.08. The molecule has 0 spiro atoms. The Kier molecular flexibility index (Phi) is 7.08. The van der Waals surface area contributed by atoms with Gasteiger partial charge in [0.05, 0.1) is 17.9 Å². The maximum Gasteiger partial charge on any atom is 0.237 e. The minimum atomic E-state index is -0.459. The zero-order valence-corrected chi connectivity index (χ0v) is 13.7. The summed E-state index contributed by atoms with van der Waals surface area (Å²) in [6, 6.07) is 9.39. The number of nitrogens with two attached hydrogens (primary N) is 1. The minimum Gasteiger partial charge on any atom is -0.351 e. The number of carbonyl (C=O) groups is 1. The zero-order chi connectivity index (χ0) is 15.2. The van der Waals surface area contributed by atoms with Gasteiger partial charge in [0.15, 0.2) is 0 Å². The number of nitrogens with one attached hydrogen (secondary N) is 1. The minimum absolute atomic E-state index is 0. The zero-order valence-electron chi connectivity index (χ0n) is 12.9. The van der Waals surface area contributed by atoms with E-state index >= 15 is 0 Å². The number of para-hydroxylation sites is 1. The van der Waals surface area contributed by atoms with Crippen LogP contribution in [-0.2, 0) is 11.3 Å². The number of amides is 1. The Labute approximate surface area is 137 Å². The van der Waals surface area contributed by atoms with Crippen LogP contribution in [-0.4, -0.2) is 21.7 Å². The number of hydrogen-bond acceptors (Lipinski definition) is 3. The lowest BCUT2D eigenvalue weighted by molar-refractivity contribution is -0.123. The molecular weight excluding hydrogens is 300 g/mol. The first-order chi connectivity index (χ1) is 10.1. The van der Waals surface area contributed by atoms with Crippen LogP contribution in [0, 0.1) is 5.92 Å². The third-order valence-electron chi connectivity index (χ3n) is 3.68. The van der Waals surface area contributed by atoms with E-state index in [1.165, 1.54) is 0 Å².